The molecule has 1 fully saturated rings. The summed E-state index contributed by atoms with van der Waals surface area (Å²) in [6, 6.07) is 6.80. The van der Waals surface area contributed by atoms with Gasteiger partial charge < -0.3 is 10.6 Å². The molecule has 2 rings (SSSR count). The number of benzene rings is 1. The van der Waals surface area contributed by atoms with Crippen molar-refractivity contribution in [2.75, 3.05) is 37.6 Å². The van der Waals surface area contributed by atoms with Crippen molar-refractivity contribution in [3.63, 3.8) is 0 Å². The summed E-state index contributed by atoms with van der Waals surface area (Å²) >= 11 is 6.09. The second-order valence-electron chi connectivity index (χ2n) is 5.43. The van der Waals surface area contributed by atoms with Crippen molar-refractivity contribution in [1.29, 1.82) is 0 Å². The standard InChI is InChI=1S/C15H24ClN3/c1-12(2)18-7-9-19(10-8-18)15-4-3-14(16)11-13(15)5-6-17/h3-4,11-12H,5-10,17H2,1-2H3. The van der Waals surface area contributed by atoms with Crippen LogP contribution in [0.15, 0.2) is 18.2 Å². The number of halogens is 1. The highest BCUT2D eigenvalue weighted by atomic mass is 35.5. The molecule has 0 bridgehead atoms. The summed E-state index contributed by atoms with van der Waals surface area (Å²) in [4.78, 5) is 4.98. The largest absolute Gasteiger partial charge is 0.369 e. The Morgan fingerprint density at radius 1 is 1.21 bits per heavy atom. The molecule has 0 saturated carbocycles. The number of nitrogens with zero attached hydrogens (tertiary/aromatic N) is 2. The van der Waals surface area contributed by atoms with Crippen LogP contribution < -0.4 is 10.6 Å². The highest BCUT2D eigenvalue weighted by Gasteiger charge is 2.20. The Balaban J connectivity index is 2.10. The smallest absolute Gasteiger partial charge is 0.0410 e. The van der Waals surface area contributed by atoms with E-state index in [0.717, 1.165) is 37.6 Å². The molecular formula is C15H24ClN3. The minimum Gasteiger partial charge on any atom is -0.369 e. The van der Waals surface area contributed by atoms with Crippen molar-refractivity contribution in [3.8, 4) is 0 Å². The van der Waals surface area contributed by atoms with E-state index in [1.165, 1.54) is 11.3 Å². The van der Waals surface area contributed by atoms with Gasteiger partial charge in [0, 0.05) is 42.9 Å². The van der Waals surface area contributed by atoms with Crippen LogP contribution in [0.1, 0.15) is 19.4 Å². The molecule has 3 nitrogen and oxygen atoms in total. The molecule has 0 unspecified atom stereocenters. The molecule has 4 heteroatoms. The molecule has 1 aliphatic rings. The topological polar surface area (TPSA) is 32.5 Å². The first-order valence-electron chi connectivity index (χ1n) is 7.09. The minimum atomic E-state index is 0.635. The molecule has 1 aromatic carbocycles. The summed E-state index contributed by atoms with van der Waals surface area (Å²) in [7, 11) is 0. The zero-order chi connectivity index (χ0) is 13.8. The Morgan fingerprint density at radius 3 is 2.47 bits per heavy atom. The molecule has 0 atom stereocenters. The summed E-state index contributed by atoms with van der Waals surface area (Å²) in [5, 5.41) is 0.799. The molecule has 1 aliphatic heterocycles. The van der Waals surface area contributed by atoms with Gasteiger partial charge in [0.2, 0.25) is 0 Å². The maximum atomic E-state index is 6.09. The molecular weight excluding hydrogens is 258 g/mol. The summed E-state index contributed by atoms with van der Waals surface area (Å²) < 4.78 is 0. The van der Waals surface area contributed by atoms with Crippen molar-refractivity contribution in [1.82, 2.24) is 4.90 Å². The molecule has 2 N–H and O–H groups in total. The van der Waals surface area contributed by atoms with Gasteiger partial charge in [-0.1, -0.05) is 11.6 Å². The average Bonchev–Trinajstić information content (AvgIpc) is 2.39. The molecule has 0 radical (unpaired) electrons. The van der Waals surface area contributed by atoms with Crippen LogP contribution in [-0.4, -0.2) is 43.7 Å². The molecule has 0 spiro atoms. The lowest BCUT2D eigenvalue weighted by Crippen LogP contribution is -2.49. The second-order valence-corrected chi connectivity index (χ2v) is 5.86. The average molecular weight is 282 g/mol. The van der Waals surface area contributed by atoms with Crippen LogP contribution in [-0.2, 0) is 6.42 Å². The van der Waals surface area contributed by atoms with Gasteiger partial charge in [-0.25, -0.2) is 0 Å². The van der Waals surface area contributed by atoms with E-state index in [1.54, 1.807) is 0 Å². The van der Waals surface area contributed by atoms with E-state index in [-0.39, 0.29) is 0 Å². The Kier molecular flexibility index (Phi) is 5.08. The van der Waals surface area contributed by atoms with Crippen LogP contribution >= 0.6 is 11.6 Å². The van der Waals surface area contributed by atoms with E-state index in [4.69, 9.17) is 17.3 Å². The molecule has 19 heavy (non-hydrogen) atoms. The highest BCUT2D eigenvalue weighted by Crippen LogP contribution is 2.26. The van der Waals surface area contributed by atoms with Crippen LogP contribution in [0.4, 0.5) is 5.69 Å². The van der Waals surface area contributed by atoms with Gasteiger partial charge in [0.25, 0.3) is 0 Å². The zero-order valence-electron chi connectivity index (χ0n) is 11.9. The first kappa shape index (κ1) is 14.6. The van der Waals surface area contributed by atoms with Crippen molar-refractivity contribution in [3.05, 3.63) is 28.8 Å². The predicted molar refractivity (Wildman–Crippen MR) is 83.1 cm³/mol. The minimum absolute atomic E-state index is 0.635. The van der Waals surface area contributed by atoms with E-state index in [1.807, 2.05) is 6.07 Å². The number of hydrogen-bond acceptors (Lipinski definition) is 3. The summed E-state index contributed by atoms with van der Waals surface area (Å²) in [6.45, 7) is 9.61. The first-order valence-corrected chi connectivity index (χ1v) is 7.47. The monoisotopic (exact) mass is 281 g/mol. The third-order valence-corrected chi connectivity index (χ3v) is 4.08. The molecule has 1 heterocycles. The van der Waals surface area contributed by atoms with Crippen molar-refractivity contribution >= 4 is 17.3 Å². The SMILES string of the molecule is CC(C)N1CCN(c2ccc(Cl)cc2CCN)CC1. The van der Waals surface area contributed by atoms with E-state index in [0.29, 0.717) is 12.6 Å². The lowest BCUT2D eigenvalue weighted by Gasteiger charge is -2.39. The Labute approximate surface area is 121 Å². The van der Waals surface area contributed by atoms with Crippen molar-refractivity contribution in [2.45, 2.75) is 26.3 Å². The van der Waals surface area contributed by atoms with Crippen molar-refractivity contribution in [2.24, 2.45) is 5.73 Å². The summed E-state index contributed by atoms with van der Waals surface area (Å²) in [5.74, 6) is 0. The number of rotatable bonds is 4. The fraction of sp³-hybridized carbons (Fsp3) is 0.600. The van der Waals surface area contributed by atoms with Crippen LogP contribution in [0.3, 0.4) is 0 Å². The van der Waals surface area contributed by atoms with Gasteiger partial charge in [0.15, 0.2) is 0 Å². The van der Waals surface area contributed by atoms with Crippen LogP contribution in [0.5, 0.6) is 0 Å². The second kappa shape index (κ2) is 6.60. The maximum absolute atomic E-state index is 6.09. The third-order valence-electron chi connectivity index (χ3n) is 3.84. The van der Waals surface area contributed by atoms with Crippen molar-refractivity contribution < 1.29 is 0 Å². The lowest BCUT2D eigenvalue weighted by molar-refractivity contribution is 0.209. The van der Waals surface area contributed by atoms with E-state index < -0.39 is 0 Å². The first-order chi connectivity index (χ1) is 9.11. The molecule has 1 aromatic rings. The number of piperazine rings is 1. The number of nitrogens with two attached hydrogens (primary N) is 1. The van der Waals surface area contributed by atoms with Gasteiger partial charge in [-0.2, -0.15) is 0 Å². The highest BCUT2D eigenvalue weighted by molar-refractivity contribution is 6.30. The van der Waals surface area contributed by atoms with E-state index in [9.17, 15) is 0 Å². The third kappa shape index (κ3) is 3.62. The van der Waals surface area contributed by atoms with Gasteiger partial charge in [0.05, 0.1) is 0 Å². The molecule has 0 aromatic heterocycles. The quantitative estimate of drug-likeness (QED) is 0.920. The van der Waals surface area contributed by atoms with Gasteiger partial charge in [-0.3, -0.25) is 4.90 Å². The Bertz CT molecular complexity index is 412. The van der Waals surface area contributed by atoms with E-state index in [2.05, 4.69) is 35.8 Å². The fourth-order valence-electron chi connectivity index (χ4n) is 2.70. The Hall–Kier alpha value is -0.770. The van der Waals surface area contributed by atoms with Crippen LogP contribution in [0, 0.1) is 0 Å². The maximum Gasteiger partial charge on any atom is 0.0410 e. The Morgan fingerprint density at radius 2 is 1.89 bits per heavy atom. The number of anilines is 1. The van der Waals surface area contributed by atoms with Crippen LogP contribution in [0.2, 0.25) is 5.02 Å². The fourth-order valence-corrected chi connectivity index (χ4v) is 2.89. The zero-order valence-corrected chi connectivity index (χ0v) is 12.7. The number of hydrogen-bond donors (Lipinski definition) is 1. The van der Waals surface area contributed by atoms with Gasteiger partial charge in [-0.15, -0.1) is 0 Å². The molecule has 0 amide bonds. The van der Waals surface area contributed by atoms with Crippen LogP contribution in [0.25, 0.3) is 0 Å². The summed E-state index contributed by atoms with van der Waals surface area (Å²) in [6.07, 6.45) is 0.889. The van der Waals surface area contributed by atoms with Gasteiger partial charge in [-0.05, 0) is 50.6 Å². The predicted octanol–water partition coefficient (Wildman–Crippen LogP) is 2.37. The molecule has 0 aliphatic carbocycles. The summed E-state index contributed by atoms with van der Waals surface area (Å²) in [5.41, 5.74) is 8.28. The molecule has 106 valence electrons. The van der Waals surface area contributed by atoms with E-state index >= 15 is 0 Å². The van der Waals surface area contributed by atoms with Gasteiger partial charge >= 0.3 is 0 Å². The lowest BCUT2D eigenvalue weighted by atomic mass is 10.1. The van der Waals surface area contributed by atoms with Gasteiger partial charge in [0.1, 0.15) is 0 Å². The normalized spacial score (nSPS) is 17.2. The molecule has 1 saturated heterocycles.